The Morgan fingerprint density at radius 3 is 2.36 bits per heavy atom. The molecule has 0 N–H and O–H groups in total. The summed E-state index contributed by atoms with van der Waals surface area (Å²) in [7, 11) is 0. The van der Waals surface area contributed by atoms with Gasteiger partial charge in [-0.2, -0.15) is 0 Å². The zero-order valence-electron chi connectivity index (χ0n) is 13.6. The van der Waals surface area contributed by atoms with Crippen LogP contribution in [0.2, 0.25) is 0 Å². The van der Waals surface area contributed by atoms with E-state index in [1.54, 1.807) is 6.07 Å². The molecule has 130 valence electrons. The maximum atomic E-state index is 10.7. The molecule has 0 atom stereocenters. The Bertz CT molecular complexity index is 784. The number of pyridine rings is 1. The van der Waals surface area contributed by atoms with Crippen LogP contribution in [-0.2, 0) is 5.41 Å². The van der Waals surface area contributed by atoms with Crippen molar-refractivity contribution in [2.24, 2.45) is 17.8 Å². The number of rotatable bonds is 4. The van der Waals surface area contributed by atoms with Gasteiger partial charge in [0.15, 0.2) is 0 Å². The molecular weight excluding hydrogens is 340 g/mol. The molecule has 4 saturated carbocycles. The fraction of sp³-hybridized carbons (Fsp3) is 0.588. The van der Waals surface area contributed by atoms with Gasteiger partial charge in [0.25, 0.3) is 10.9 Å². The van der Waals surface area contributed by atoms with Gasteiger partial charge in [-0.3, -0.25) is 10.1 Å². The van der Waals surface area contributed by atoms with E-state index in [4.69, 9.17) is 4.42 Å². The Morgan fingerprint density at radius 2 is 1.80 bits per heavy atom. The second-order valence-corrected chi connectivity index (χ2v) is 8.76. The number of hydrogen-bond donors (Lipinski definition) is 0. The van der Waals surface area contributed by atoms with Gasteiger partial charge >= 0.3 is 0 Å². The molecule has 2 heterocycles. The second kappa shape index (κ2) is 5.52. The van der Waals surface area contributed by atoms with Crippen molar-refractivity contribution in [2.75, 3.05) is 0 Å². The predicted molar refractivity (Wildman–Crippen MR) is 89.2 cm³/mol. The molecule has 0 radical (unpaired) electrons. The van der Waals surface area contributed by atoms with E-state index in [0.29, 0.717) is 10.2 Å². The first-order valence-electron chi connectivity index (χ1n) is 8.72. The van der Waals surface area contributed by atoms with E-state index in [2.05, 4.69) is 15.2 Å². The minimum atomic E-state index is -0.459. The summed E-state index contributed by atoms with van der Waals surface area (Å²) in [6, 6.07) is 3.04. The summed E-state index contributed by atoms with van der Waals surface area (Å²) in [5.41, 5.74) is 0.0628. The van der Waals surface area contributed by atoms with E-state index in [1.165, 1.54) is 62.6 Å². The summed E-state index contributed by atoms with van der Waals surface area (Å²) in [5, 5.41) is 20.4. The fourth-order valence-corrected chi connectivity index (χ4v) is 6.09. The summed E-state index contributed by atoms with van der Waals surface area (Å²) in [6.07, 6.45) is 8.92. The summed E-state index contributed by atoms with van der Waals surface area (Å²) < 4.78 is 6.02. The lowest BCUT2D eigenvalue weighted by molar-refractivity contribution is -0.385. The Kier molecular flexibility index (Phi) is 3.38. The highest BCUT2D eigenvalue weighted by Crippen LogP contribution is 2.60. The third kappa shape index (κ3) is 2.63. The lowest BCUT2D eigenvalue weighted by Gasteiger charge is -2.55. The SMILES string of the molecule is O=[N+]([O-])c1ccc(Sc2nnc(C34CC5CC(CC(C5)C3)C4)o2)nc1. The molecule has 0 unspecified atom stereocenters. The highest BCUT2D eigenvalue weighted by Gasteiger charge is 2.54. The molecule has 4 bridgehead atoms. The molecule has 6 rings (SSSR count). The molecule has 0 aromatic carbocycles. The van der Waals surface area contributed by atoms with E-state index in [0.717, 1.165) is 23.6 Å². The first kappa shape index (κ1) is 15.3. The number of nitro groups is 1. The molecule has 2 aromatic rings. The van der Waals surface area contributed by atoms with Crippen LogP contribution in [0.1, 0.15) is 44.4 Å². The van der Waals surface area contributed by atoms with Crippen LogP contribution in [0.25, 0.3) is 0 Å². The maximum absolute atomic E-state index is 10.7. The molecule has 25 heavy (non-hydrogen) atoms. The van der Waals surface area contributed by atoms with Gasteiger partial charge in [-0.05, 0) is 74.1 Å². The smallest absolute Gasteiger partial charge is 0.287 e. The lowest BCUT2D eigenvalue weighted by Crippen LogP contribution is -2.48. The third-order valence-corrected chi connectivity index (χ3v) is 6.81. The van der Waals surface area contributed by atoms with E-state index in [1.807, 2.05) is 0 Å². The first-order valence-corrected chi connectivity index (χ1v) is 9.54. The van der Waals surface area contributed by atoms with Gasteiger partial charge in [0.1, 0.15) is 11.2 Å². The van der Waals surface area contributed by atoms with Crippen molar-refractivity contribution >= 4 is 17.4 Å². The second-order valence-electron chi connectivity index (χ2n) is 7.78. The van der Waals surface area contributed by atoms with Gasteiger partial charge in [-0.25, -0.2) is 4.98 Å². The molecule has 4 aliphatic carbocycles. The highest BCUT2D eigenvalue weighted by molar-refractivity contribution is 7.99. The quantitative estimate of drug-likeness (QED) is 0.602. The summed E-state index contributed by atoms with van der Waals surface area (Å²) in [5.74, 6) is 3.26. The van der Waals surface area contributed by atoms with Crippen molar-refractivity contribution in [2.45, 2.75) is 54.2 Å². The van der Waals surface area contributed by atoms with Crippen LogP contribution >= 0.6 is 11.8 Å². The molecule has 0 aliphatic heterocycles. The lowest BCUT2D eigenvalue weighted by atomic mass is 9.49. The fourth-order valence-electron chi connectivity index (χ4n) is 5.47. The molecule has 0 amide bonds. The van der Waals surface area contributed by atoms with Crippen LogP contribution in [0.15, 0.2) is 33.0 Å². The van der Waals surface area contributed by atoms with Crippen LogP contribution in [0.4, 0.5) is 5.69 Å². The Balaban J connectivity index is 1.36. The molecule has 7 nitrogen and oxygen atoms in total. The van der Waals surface area contributed by atoms with Gasteiger partial charge < -0.3 is 4.42 Å². The zero-order chi connectivity index (χ0) is 17.0. The van der Waals surface area contributed by atoms with E-state index >= 15 is 0 Å². The van der Waals surface area contributed by atoms with Crippen LogP contribution in [0.3, 0.4) is 0 Å². The number of nitrogens with zero attached hydrogens (tertiary/aromatic N) is 4. The van der Waals surface area contributed by atoms with Crippen LogP contribution < -0.4 is 0 Å². The van der Waals surface area contributed by atoms with Gasteiger partial charge in [-0.1, -0.05) is 0 Å². The average Bonchev–Trinajstić information content (AvgIpc) is 3.03. The molecule has 4 fully saturated rings. The van der Waals surface area contributed by atoms with E-state index in [-0.39, 0.29) is 11.1 Å². The molecule has 4 aliphatic rings. The summed E-state index contributed by atoms with van der Waals surface area (Å²) in [4.78, 5) is 14.3. The molecule has 2 aromatic heterocycles. The van der Waals surface area contributed by atoms with Crippen LogP contribution in [0, 0.1) is 27.9 Å². The van der Waals surface area contributed by atoms with Crippen LogP contribution in [0.5, 0.6) is 0 Å². The largest absolute Gasteiger partial charge is 0.415 e. The minimum absolute atomic E-state index is 0.0239. The molecule has 0 saturated heterocycles. The standard InChI is InChI=1S/C17H18N4O3S/c22-21(23)13-1-2-14(18-9-13)25-16-20-19-15(24-16)17-6-10-3-11(7-17)5-12(4-10)8-17/h1-2,9-12H,3-8H2. The van der Waals surface area contributed by atoms with Gasteiger partial charge in [0.05, 0.1) is 4.92 Å². The number of hydrogen-bond acceptors (Lipinski definition) is 7. The van der Waals surface area contributed by atoms with Crippen molar-refractivity contribution in [1.82, 2.24) is 15.2 Å². The van der Waals surface area contributed by atoms with E-state index < -0.39 is 4.92 Å². The highest BCUT2D eigenvalue weighted by atomic mass is 32.2. The Morgan fingerprint density at radius 1 is 1.12 bits per heavy atom. The molecule has 8 heteroatoms. The van der Waals surface area contributed by atoms with Gasteiger partial charge in [0, 0.05) is 11.5 Å². The van der Waals surface area contributed by atoms with Crippen molar-refractivity contribution < 1.29 is 9.34 Å². The average molecular weight is 358 g/mol. The first-order chi connectivity index (χ1) is 12.1. The Labute approximate surface area is 148 Å². The molecule has 0 spiro atoms. The topological polar surface area (TPSA) is 95.0 Å². The zero-order valence-corrected chi connectivity index (χ0v) is 14.4. The molecular formula is C17H18N4O3S. The Hall–Kier alpha value is -1.96. The summed E-state index contributed by atoms with van der Waals surface area (Å²) in [6.45, 7) is 0. The minimum Gasteiger partial charge on any atom is -0.415 e. The van der Waals surface area contributed by atoms with Crippen molar-refractivity contribution in [3.63, 3.8) is 0 Å². The summed E-state index contributed by atoms with van der Waals surface area (Å²) >= 11 is 1.26. The number of aromatic nitrogens is 3. The van der Waals surface area contributed by atoms with Crippen LogP contribution in [-0.4, -0.2) is 20.1 Å². The van der Waals surface area contributed by atoms with Gasteiger partial charge in [-0.15, -0.1) is 10.2 Å². The van der Waals surface area contributed by atoms with Crippen molar-refractivity contribution in [3.8, 4) is 0 Å². The maximum Gasteiger partial charge on any atom is 0.287 e. The van der Waals surface area contributed by atoms with E-state index in [9.17, 15) is 10.1 Å². The monoisotopic (exact) mass is 358 g/mol. The normalized spacial score (nSPS) is 32.9. The predicted octanol–water partition coefficient (Wildman–Crippen LogP) is 3.99. The van der Waals surface area contributed by atoms with Gasteiger partial charge in [0.2, 0.25) is 5.89 Å². The van der Waals surface area contributed by atoms with Crippen molar-refractivity contribution in [3.05, 3.63) is 34.3 Å². The third-order valence-electron chi connectivity index (χ3n) is 6.02. The van der Waals surface area contributed by atoms with Crippen molar-refractivity contribution in [1.29, 1.82) is 0 Å².